The molecule has 0 N–H and O–H groups in total. The van der Waals surface area contributed by atoms with Crippen molar-refractivity contribution < 1.29 is 19.1 Å². The molecule has 98 valence electrons. The summed E-state index contributed by atoms with van der Waals surface area (Å²) in [6.45, 7) is 1.31. The zero-order valence-corrected chi connectivity index (χ0v) is 12.0. The van der Waals surface area contributed by atoms with E-state index in [4.69, 9.17) is 4.74 Å². The standard InChI is InChI=1S/C14H11BrO4/c1-8(16)19-13-6-10(14(17)18-2)5-9-3-4-11(15)7-12(9)13/h3-7H,1-2H3. The maximum Gasteiger partial charge on any atom is 0.338 e. The molecule has 2 aromatic carbocycles. The van der Waals surface area contributed by atoms with Crippen molar-refractivity contribution in [2.45, 2.75) is 6.92 Å². The van der Waals surface area contributed by atoms with Crippen molar-refractivity contribution in [3.05, 3.63) is 40.4 Å². The number of benzene rings is 2. The van der Waals surface area contributed by atoms with Crippen LogP contribution in [-0.4, -0.2) is 19.0 Å². The molecule has 0 heterocycles. The van der Waals surface area contributed by atoms with Crippen LogP contribution in [0.2, 0.25) is 0 Å². The quantitative estimate of drug-likeness (QED) is 0.628. The molecule has 4 nitrogen and oxygen atoms in total. The van der Waals surface area contributed by atoms with E-state index in [2.05, 4.69) is 20.7 Å². The molecular formula is C14H11BrO4. The molecule has 0 fully saturated rings. The van der Waals surface area contributed by atoms with Gasteiger partial charge in [0, 0.05) is 16.8 Å². The SMILES string of the molecule is COC(=O)c1cc(OC(C)=O)c2cc(Br)ccc2c1. The molecule has 0 amide bonds. The average Bonchev–Trinajstić information content (AvgIpc) is 2.37. The van der Waals surface area contributed by atoms with Crippen LogP contribution >= 0.6 is 15.9 Å². The monoisotopic (exact) mass is 322 g/mol. The fraction of sp³-hybridized carbons (Fsp3) is 0.143. The van der Waals surface area contributed by atoms with Gasteiger partial charge in [-0.05, 0) is 29.7 Å². The summed E-state index contributed by atoms with van der Waals surface area (Å²) in [6, 6.07) is 8.71. The first-order chi connectivity index (χ1) is 9.01. The Morgan fingerprint density at radius 1 is 1.16 bits per heavy atom. The van der Waals surface area contributed by atoms with Gasteiger partial charge in [-0.2, -0.15) is 0 Å². The third-order valence-corrected chi connectivity index (χ3v) is 3.05. The highest BCUT2D eigenvalue weighted by Gasteiger charge is 2.13. The van der Waals surface area contributed by atoms with Gasteiger partial charge in [-0.25, -0.2) is 4.79 Å². The van der Waals surface area contributed by atoms with Crippen LogP contribution in [-0.2, 0) is 9.53 Å². The first-order valence-corrected chi connectivity index (χ1v) is 6.30. The van der Waals surface area contributed by atoms with E-state index in [1.54, 1.807) is 6.07 Å². The van der Waals surface area contributed by atoms with Crippen LogP contribution in [0.25, 0.3) is 10.8 Å². The highest BCUT2D eigenvalue weighted by Crippen LogP contribution is 2.30. The number of methoxy groups -OCH3 is 1. The molecule has 5 heteroatoms. The van der Waals surface area contributed by atoms with Crippen molar-refractivity contribution >= 4 is 38.6 Å². The molecular weight excluding hydrogens is 312 g/mol. The average molecular weight is 323 g/mol. The molecule has 0 spiro atoms. The van der Waals surface area contributed by atoms with E-state index >= 15 is 0 Å². The zero-order chi connectivity index (χ0) is 14.0. The van der Waals surface area contributed by atoms with E-state index in [0.717, 1.165) is 15.2 Å². The number of hydrogen-bond donors (Lipinski definition) is 0. The second-order valence-corrected chi connectivity index (χ2v) is 4.84. The molecule has 0 unspecified atom stereocenters. The van der Waals surface area contributed by atoms with Crippen LogP contribution in [0.3, 0.4) is 0 Å². The Morgan fingerprint density at radius 3 is 2.53 bits per heavy atom. The molecule has 0 saturated carbocycles. The van der Waals surface area contributed by atoms with Gasteiger partial charge in [0.1, 0.15) is 5.75 Å². The maximum absolute atomic E-state index is 11.6. The van der Waals surface area contributed by atoms with Crippen molar-refractivity contribution in [2.24, 2.45) is 0 Å². The Morgan fingerprint density at radius 2 is 1.89 bits per heavy atom. The van der Waals surface area contributed by atoms with Crippen molar-refractivity contribution in [1.82, 2.24) is 0 Å². The number of hydrogen-bond acceptors (Lipinski definition) is 4. The summed E-state index contributed by atoms with van der Waals surface area (Å²) in [4.78, 5) is 22.7. The van der Waals surface area contributed by atoms with Gasteiger partial charge in [0.2, 0.25) is 0 Å². The highest BCUT2D eigenvalue weighted by atomic mass is 79.9. The molecule has 0 radical (unpaired) electrons. The van der Waals surface area contributed by atoms with Crippen molar-refractivity contribution in [3.63, 3.8) is 0 Å². The number of esters is 2. The number of carbonyl (C=O) groups is 2. The van der Waals surface area contributed by atoms with Crippen molar-refractivity contribution in [1.29, 1.82) is 0 Å². The molecule has 0 saturated heterocycles. The van der Waals surface area contributed by atoms with E-state index in [1.165, 1.54) is 20.1 Å². The van der Waals surface area contributed by atoms with E-state index in [0.29, 0.717) is 11.3 Å². The predicted octanol–water partition coefficient (Wildman–Crippen LogP) is 3.31. The van der Waals surface area contributed by atoms with Crippen molar-refractivity contribution in [2.75, 3.05) is 7.11 Å². The lowest BCUT2D eigenvalue weighted by Crippen LogP contribution is -2.05. The number of fused-ring (bicyclic) bond motifs is 1. The second kappa shape index (κ2) is 5.40. The first kappa shape index (κ1) is 13.5. The van der Waals surface area contributed by atoms with E-state index in [9.17, 15) is 9.59 Å². The Kier molecular flexibility index (Phi) is 3.85. The third-order valence-electron chi connectivity index (χ3n) is 2.55. The first-order valence-electron chi connectivity index (χ1n) is 5.51. The fourth-order valence-corrected chi connectivity index (χ4v) is 2.13. The Hall–Kier alpha value is -1.88. The lowest BCUT2D eigenvalue weighted by molar-refractivity contribution is -0.131. The number of rotatable bonds is 2. The van der Waals surface area contributed by atoms with Crippen LogP contribution in [0.1, 0.15) is 17.3 Å². The molecule has 0 aromatic heterocycles. The predicted molar refractivity (Wildman–Crippen MR) is 74.3 cm³/mol. The highest BCUT2D eigenvalue weighted by molar-refractivity contribution is 9.10. The minimum Gasteiger partial charge on any atom is -0.465 e. The summed E-state index contributed by atoms with van der Waals surface area (Å²) in [5.74, 6) is -0.576. The van der Waals surface area contributed by atoms with Crippen LogP contribution in [0.5, 0.6) is 5.75 Å². The van der Waals surface area contributed by atoms with Gasteiger partial charge in [0.15, 0.2) is 0 Å². The summed E-state index contributed by atoms with van der Waals surface area (Å²) >= 11 is 3.36. The van der Waals surface area contributed by atoms with Crippen LogP contribution in [0, 0.1) is 0 Å². The van der Waals surface area contributed by atoms with Crippen LogP contribution in [0.15, 0.2) is 34.8 Å². The lowest BCUT2D eigenvalue weighted by atomic mass is 10.1. The van der Waals surface area contributed by atoms with Gasteiger partial charge < -0.3 is 9.47 Å². The zero-order valence-electron chi connectivity index (χ0n) is 10.4. The maximum atomic E-state index is 11.6. The molecule has 0 aliphatic carbocycles. The van der Waals surface area contributed by atoms with Gasteiger partial charge in [0.05, 0.1) is 12.7 Å². The minimum atomic E-state index is -0.474. The summed E-state index contributed by atoms with van der Waals surface area (Å²) in [6.07, 6.45) is 0. The molecule has 0 aliphatic heterocycles. The smallest absolute Gasteiger partial charge is 0.338 e. The van der Waals surface area contributed by atoms with Crippen molar-refractivity contribution in [3.8, 4) is 5.75 Å². The summed E-state index contributed by atoms with van der Waals surface area (Å²) in [5, 5.41) is 1.54. The molecule has 0 atom stereocenters. The Bertz CT molecular complexity index is 664. The molecule has 19 heavy (non-hydrogen) atoms. The van der Waals surface area contributed by atoms with Gasteiger partial charge >= 0.3 is 11.9 Å². The second-order valence-electron chi connectivity index (χ2n) is 3.93. The van der Waals surface area contributed by atoms with E-state index < -0.39 is 11.9 Å². The topological polar surface area (TPSA) is 52.6 Å². The number of halogens is 1. The Labute approximate surface area is 118 Å². The molecule has 2 aromatic rings. The minimum absolute atomic E-state index is 0.340. The molecule has 0 bridgehead atoms. The number of ether oxygens (including phenoxy) is 2. The molecule has 2 rings (SSSR count). The molecule has 0 aliphatic rings. The van der Waals surface area contributed by atoms with Gasteiger partial charge in [-0.15, -0.1) is 0 Å². The van der Waals surface area contributed by atoms with E-state index in [-0.39, 0.29) is 0 Å². The summed E-state index contributed by atoms with van der Waals surface area (Å²) < 4.78 is 10.7. The number of carbonyl (C=O) groups excluding carboxylic acids is 2. The Balaban J connectivity index is 2.68. The summed E-state index contributed by atoms with van der Waals surface area (Å²) in [5.41, 5.74) is 0.341. The lowest BCUT2D eigenvalue weighted by Gasteiger charge is -2.09. The van der Waals surface area contributed by atoms with Crippen LogP contribution in [0.4, 0.5) is 0 Å². The summed E-state index contributed by atoms with van der Waals surface area (Å²) in [7, 11) is 1.31. The van der Waals surface area contributed by atoms with Crippen LogP contribution < -0.4 is 4.74 Å². The van der Waals surface area contributed by atoms with Gasteiger partial charge in [-0.3, -0.25) is 4.79 Å². The van der Waals surface area contributed by atoms with Gasteiger partial charge in [-0.1, -0.05) is 22.0 Å². The largest absolute Gasteiger partial charge is 0.465 e. The van der Waals surface area contributed by atoms with Gasteiger partial charge in [0.25, 0.3) is 0 Å². The fourth-order valence-electron chi connectivity index (χ4n) is 1.77. The normalized spacial score (nSPS) is 10.3. The third kappa shape index (κ3) is 2.93. The van der Waals surface area contributed by atoms with E-state index in [1.807, 2.05) is 18.2 Å².